The van der Waals surface area contributed by atoms with Crippen molar-refractivity contribution >= 4 is 5.69 Å². The summed E-state index contributed by atoms with van der Waals surface area (Å²) in [5, 5.41) is 0. The van der Waals surface area contributed by atoms with Gasteiger partial charge in [0.15, 0.2) is 0 Å². The van der Waals surface area contributed by atoms with Crippen LogP contribution in [0.1, 0.15) is 16.8 Å². The van der Waals surface area contributed by atoms with Gasteiger partial charge in [-0.1, -0.05) is 12.1 Å². The van der Waals surface area contributed by atoms with Crippen LogP contribution < -0.4 is 4.90 Å². The van der Waals surface area contributed by atoms with Gasteiger partial charge in [-0.15, -0.1) is 0 Å². The maximum atomic E-state index is 14.0. The third-order valence-electron chi connectivity index (χ3n) is 4.76. The van der Waals surface area contributed by atoms with Gasteiger partial charge in [0.1, 0.15) is 11.6 Å². The van der Waals surface area contributed by atoms with E-state index in [1.165, 1.54) is 24.3 Å². The van der Waals surface area contributed by atoms with E-state index in [0.29, 0.717) is 30.9 Å². The lowest BCUT2D eigenvalue weighted by atomic mass is 10.1. The average Bonchev–Trinajstić information content (AvgIpc) is 3.03. The van der Waals surface area contributed by atoms with Crippen molar-refractivity contribution in [2.24, 2.45) is 0 Å². The van der Waals surface area contributed by atoms with Crippen LogP contribution in [0.5, 0.6) is 0 Å². The Morgan fingerprint density at radius 1 is 0.926 bits per heavy atom. The van der Waals surface area contributed by atoms with Gasteiger partial charge < -0.3 is 9.88 Å². The predicted molar refractivity (Wildman–Crippen MR) is 92.3 cm³/mol. The fraction of sp³-hybridized carbons (Fsp3) is 0.200. The first-order valence-electron chi connectivity index (χ1n) is 8.40. The summed E-state index contributed by atoms with van der Waals surface area (Å²) in [7, 11) is 0. The highest BCUT2D eigenvalue weighted by Crippen LogP contribution is 2.34. The maximum absolute atomic E-state index is 14.0. The molecule has 1 aromatic heterocycles. The number of fused-ring (bicyclic) bond motifs is 1. The molecule has 0 aliphatic carbocycles. The first kappa shape index (κ1) is 17.6. The molecule has 0 radical (unpaired) electrons. The molecule has 2 nitrogen and oxygen atoms in total. The zero-order chi connectivity index (χ0) is 19.2. The number of H-pyrrole nitrogens is 1. The number of halogens is 5. The number of aromatic amines is 1. The van der Waals surface area contributed by atoms with Gasteiger partial charge in [0, 0.05) is 30.9 Å². The molecule has 0 saturated heterocycles. The summed E-state index contributed by atoms with van der Waals surface area (Å²) in [5.74, 6) is -1.33. The van der Waals surface area contributed by atoms with E-state index in [1.54, 1.807) is 12.1 Å². The first-order valence-corrected chi connectivity index (χ1v) is 8.40. The molecule has 0 bridgehead atoms. The van der Waals surface area contributed by atoms with Crippen molar-refractivity contribution in [3.05, 3.63) is 77.0 Å². The Hall–Kier alpha value is -2.83. The van der Waals surface area contributed by atoms with Gasteiger partial charge in [-0.2, -0.15) is 13.2 Å². The van der Waals surface area contributed by atoms with Crippen molar-refractivity contribution < 1.29 is 22.0 Å². The molecule has 27 heavy (non-hydrogen) atoms. The third-order valence-corrected chi connectivity index (χ3v) is 4.76. The molecular weight excluding hydrogens is 363 g/mol. The molecular formula is C20H15F5N2. The molecule has 0 unspecified atom stereocenters. The van der Waals surface area contributed by atoms with E-state index in [1.807, 2.05) is 4.90 Å². The van der Waals surface area contributed by atoms with Gasteiger partial charge in [0.25, 0.3) is 0 Å². The Morgan fingerprint density at radius 2 is 1.63 bits per heavy atom. The first-order chi connectivity index (χ1) is 12.8. The molecule has 1 aliphatic heterocycles. The van der Waals surface area contributed by atoms with E-state index < -0.39 is 23.4 Å². The van der Waals surface area contributed by atoms with E-state index in [0.717, 1.165) is 23.4 Å². The molecule has 7 heteroatoms. The molecule has 0 amide bonds. The number of nitrogens with one attached hydrogen (secondary N) is 1. The van der Waals surface area contributed by atoms with Crippen molar-refractivity contribution in [2.75, 3.05) is 11.4 Å². The van der Waals surface area contributed by atoms with Crippen LogP contribution in [0, 0.1) is 11.6 Å². The van der Waals surface area contributed by atoms with Crippen LogP contribution in [0.2, 0.25) is 0 Å². The summed E-state index contributed by atoms with van der Waals surface area (Å²) in [6.07, 6.45) is -3.86. The minimum absolute atomic E-state index is 0.127. The highest BCUT2D eigenvalue weighted by Gasteiger charge is 2.31. The molecule has 0 atom stereocenters. The Kier molecular flexibility index (Phi) is 4.17. The van der Waals surface area contributed by atoms with Crippen molar-refractivity contribution in [2.45, 2.75) is 19.1 Å². The highest BCUT2D eigenvalue weighted by molar-refractivity contribution is 5.64. The average molecular weight is 378 g/mol. The van der Waals surface area contributed by atoms with E-state index in [9.17, 15) is 22.0 Å². The van der Waals surface area contributed by atoms with Crippen LogP contribution in [0.15, 0.2) is 48.5 Å². The predicted octanol–water partition coefficient (Wildman–Crippen LogP) is 5.54. The van der Waals surface area contributed by atoms with Gasteiger partial charge in [0.05, 0.1) is 16.8 Å². The fourth-order valence-electron chi connectivity index (χ4n) is 3.42. The number of rotatable bonds is 2. The summed E-state index contributed by atoms with van der Waals surface area (Å²) >= 11 is 0. The smallest absolute Gasteiger partial charge is 0.367 e. The van der Waals surface area contributed by atoms with E-state index >= 15 is 0 Å². The highest BCUT2D eigenvalue weighted by atomic mass is 19.4. The summed E-state index contributed by atoms with van der Waals surface area (Å²) in [6, 6.07) is 10.5. The minimum Gasteiger partial charge on any atom is -0.367 e. The zero-order valence-electron chi connectivity index (χ0n) is 14.1. The number of hydrogen-bond donors (Lipinski definition) is 1. The molecule has 4 rings (SSSR count). The monoisotopic (exact) mass is 378 g/mol. The third kappa shape index (κ3) is 3.29. The van der Waals surface area contributed by atoms with Crippen LogP contribution in [0.25, 0.3) is 11.3 Å². The van der Waals surface area contributed by atoms with Crippen molar-refractivity contribution in [1.29, 1.82) is 0 Å². The van der Waals surface area contributed by atoms with Crippen LogP contribution in [0.4, 0.5) is 27.6 Å². The molecule has 0 spiro atoms. The van der Waals surface area contributed by atoms with Crippen LogP contribution in [-0.4, -0.2) is 11.5 Å². The molecule has 140 valence electrons. The number of aromatic nitrogens is 1. The second kappa shape index (κ2) is 6.40. The summed E-state index contributed by atoms with van der Waals surface area (Å²) in [6.45, 7) is 0.872. The number of nitrogens with zero attached hydrogens (tertiary/aromatic N) is 1. The van der Waals surface area contributed by atoms with Gasteiger partial charge in [0.2, 0.25) is 0 Å². The molecule has 0 fully saturated rings. The summed E-state index contributed by atoms with van der Waals surface area (Å²) in [4.78, 5) is 4.88. The van der Waals surface area contributed by atoms with Crippen molar-refractivity contribution in [3.63, 3.8) is 0 Å². The lowest BCUT2D eigenvalue weighted by molar-refractivity contribution is -0.137. The Bertz CT molecular complexity index is 970. The SMILES string of the molecule is Fc1cccc(F)c1-c1cc2c([nH]1)CCN(c1cccc(C(F)(F)F)c1)C2. The second-order valence-electron chi connectivity index (χ2n) is 6.50. The summed E-state index contributed by atoms with van der Waals surface area (Å²) < 4.78 is 66.9. The van der Waals surface area contributed by atoms with Gasteiger partial charge in [-0.3, -0.25) is 0 Å². The Balaban J connectivity index is 1.64. The molecule has 2 heterocycles. The molecule has 2 aromatic carbocycles. The second-order valence-corrected chi connectivity index (χ2v) is 6.50. The van der Waals surface area contributed by atoms with Crippen molar-refractivity contribution in [3.8, 4) is 11.3 Å². The van der Waals surface area contributed by atoms with Gasteiger partial charge >= 0.3 is 6.18 Å². The Labute approximate surface area is 152 Å². The Morgan fingerprint density at radius 3 is 2.33 bits per heavy atom. The van der Waals surface area contributed by atoms with E-state index in [2.05, 4.69) is 4.98 Å². The van der Waals surface area contributed by atoms with E-state index in [-0.39, 0.29) is 5.56 Å². The number of anilines is 1. The lowest BCUT2D eigenvalue weighted by Crippen LogP contribution is -2.30. The van der Waals surface area contributed by atoms with Gasteiger partial charge in [-0.25, -0.2) is 8.78 Å². The standard InChI is InChI=1S/C20H15F5N2/c21-15-5-2-6-16(22)19(15)18-9-12-11-27(8-7-17(12)26-18)14-4-1-3-13(10-14)20(23,24)25/h1-6,9-10,26H,7-8,11H2. The lowest BCUT2D eigenvalue weighted by Gasteiger charge is -2.29. The minimum atomic E-state index is -4.40. The maximum Gasteiger partial charge on any atom is 0.416 e. The fourth-order valence-corrected chi connectivity index (χ4v) is 3.42. The molecule has 1 N–H and O–H groups in total. The van der Waals surface area contributed by atoms with Crippen LogP contribution in [0.3, 0.4) is 0 Å². The number of benzene rings is 2. The number of hydrogen-bond acceptors (Lipinski definition) is 1. The molecule has 0 saturated carbocycles. The largest absolute Gasteiger partial charge is 0.416 e. The topological polar surface area (TPSA) is 19.0 Å². The van der Waals surface area contributed by atoms with Crippen LogP contribution in [-0.2, 0) is 19.1 Å². The van der Waals surface area contributed by atoms with Crippen molar-refractivity contribution in [1.82, 2.24) is 4.98 Å². The molecule has 3 aromatic rings. The zero-order valence-corrected chi connectivity index (χ0v) is 14.1. The quantitative estimate of drug-likeness (QED) is 0.580. The van der Waals surface area contributed by atoms with Crippen LogP contribution >= 0.6 is 0 Å². The molecule has 1 aliphatic rings. The van der Waals surface area contributed by atoms with E-state index in [4.69, 9.17) is 0 Å². The summed E-state index contributed by atoms with van der Waals surface area (Å²) in [5.41, 5.74) is 1.63. The van der Waals surface area contributed by atoms with Gasteiger partial charge in [-0.05, 0) is 42.0 Å². The normalized spacial score (nSPS) is 14.3. The number of alkyl halides is 3.